The molecule has 5 aromatic rings. The number of carbonyl (C=O) groups is 1. The van der Waals surface area contributed by atoms with Crippen LogP contribution in [0.2, 0.25) is 5.02 Å². The summed E-state index contributed by atoms with van der Waals surface area (Å²) in [7, 11) is 1.34. The van der Waals surface area contributed by atoms with Crippen molar-refractivity contribution in [1.82, 2.24) is 14.6 Å². The SMILES string of the molecule is C=CCN1CCOc2ccc(-c3c([C@H](OC(C)(C)C)C(=O)OC)c(C)nc4cc(-c5cccc(-c6cccc(O)c6)c5)nn34)c(Cl)c21. The van der Waals surface area contributed by atoms with E-state index in [2.05, 4.69) is 11.5 Å². The molecule has 0 fully saturated rings. The Kier molecular flexibility index (Phi) is 8.70. The van der Waals surface area contributed by atoms with Crippen LogP contribution in [0.25, 0.3) is 39.3 Å². The molecule has 6 rings (SSSR count). The first kappa shape index (κ1) is 32.1. The standard InChI is InChI=1S/C37H37ClN4O5/c1-7-16-41-17-18-46-29-15-14-27(32(38)34(29)41)33-31(35(36(44)45-6)47-37(3,4)5)22(2)39-30-21-28(40-42(30)33)25-12-8-10-23(19-25)24-11-9-13-26(43)20-24/h7-15,19-21,35,43H,1,16-18H2,2-6H3/t35-/m0/s1. The van der Waals surface area contributed by atoms with Crippen molar-refractivity contribution in [2.24, 2.45) is 0 Å². The summed E-state index contributed by atoms with van der Waals surface area (Å²) in [5.41, 5.74) is 6.15. The lowest BCUT2D eigenvalue weighted by molar-refractivity contribution is -0.164. The minimum absolute atomic E-state index is 0.189. The molecule has 0 radical (unpaired) electrons. The number of phenolic OH excluding ortho intramolecular Hbond substituents is 1. The molecule has 0 aliphatic carbocycles. The highest BCUT2D eigenvalue weighted by molar-refractivity contribution is 6.36. The summed E-state index contributed by atoms with van der Waals surface area (Å²) in [6.45, 7) is 13.1. The maximum Gasteiger partial charge on any atom is 0.339 e. The molecule has 3 aromatic carbocycles. The zero-order valence-electron chi connectivity index (χ0n) is 27.1. The van der Waals surface area contributed by atoms with E-state index in [0.29, 0.717) is 64.3 Å². The fourth-order valence-electron chi connectivity index (χ4n) is 5.93. The molecular formula is C37H37ClN4O5. The number of fused-ring (bicyclic) bond motifs is 2. The molecule has 0 bridgehead atoms. The number of anilines is 1. The molecule has 1 aliphatic heterocycles. The summed E-state index contributed by atoms with van der Waals surface area (Å²) in [5, 5.41) is 15.6. The first-order chi connectivity index (χ1) is 22.5. The topological polar surface area (TPSA) is 98.4 Å². The van der Waals surface area contributed by atoms with E-state index < -0.39 is 17.7 Å². The summed E-state index contributed by atoms with van der Waals surface area (Å²) in [4.78, 5) is 20.5. The van der Waals surface area contributed by atoms with Crippen LogP contribution in [0.3, 0.4) is 0 Å². The molecule has 0 saturated heterocycles. The average Bonchev–Trinajstić information content (AvgIpc) is 3.47. The number of hydrogen-bond donors (Lipinski definition) is 1. The highest BCUT2D eigenvalue weighted by atomic mass is 35.5. The van der Waals surface area contributed by atoms with Gasteiger partial charge >= 0.3 is 5.97 Å². The third-order valence-corrected chi connectivity index (χ3v) is 8.32. The van der Waals surface area contributed by atoms with Crippen LogP contribution in [0.4, 0.5) is 5.69 Å². The second kappa shape index (κ2) is 12.7. The Hall–Kier alpha value is -4.86. The molecular weight excluding hydrogens is 616 g/mol. The molecule has 0 unspecified atom stereocenters. The number of aromatic hydroxyl groups is 1. The van der Waals surface area contributed by atoms with Gasteiger partial charge in [-0.05, 0) is 69.2 Å². The molecule has 10 heteroatoms. The van der Waals surface area contributed by atoms with Crippen LogP contribution in [0, 0.1) is 6.92 Å². The van der Waals surface area contributed by atoms with Crippen molar-refractivity contribution in [2.45, 2.75) is 39.4 Å². The minimum atomic E-state index is -1.12. The molecule has 0 amide bonds. The quantitative estimate of drug-likeness (QED) is 0.134. The number of halogens is 1. The molecule has 0 saturated carbocycles. The number of carbonyl (C=O) groups excluding carboxylic acids is 1. The van der Waals surface area contributed by atoms with Crippen molar-refractivity contribution in [2.75, 3.05) is 31.7 Å². The number of aryl methyl sites for hydroxylation is 1. The van der Waals surface area contributed by atoms with Crippen molar-refractivity contribution >= 4 is 28.9 Å². The molecule has 2 aromatic heterocycles. The van der Waals surface area contributed by atoms with Gasteiger partial charge in [0.05, 0.1) is 41.4 Å². The molecule has 1 atom stereocenters. The van der Waals surface area contributed by atoms with Gasteiger partial charge in [0, 0.05) is 35.0 Å². The van der Waals surface area contributed by atoms with Gasteiger partial charge in [0.1, 0.15) is 18.1 Å². The zero-order chi connectivity index (χ0) is 33.5. The van der Waals surface area contributed by atoms with Gasteiger partial charge in [-0.25, -0.2) is 14.3 Å². The lowest BCUT2D eigenvalue weighted by Crippen LogP contribution is -2.33. The van der Waals surface area contributed by atoms with Gasteiger partial charge in [-0.15, -0.1) is 6.58 Å². The minimum Gasteiger partial charge on any atom is -0.508 e. The van der Waals surface area contributed by atoms with E-state index in [4.69, 9.17) is 35.9 Å². The van der Waals surface area contributed by atoms with Gasteiger partial charge in [0.25, 0.3) is 0 Å². The van der Waals surface area contributed by atoms with Crippen molar-refractivity contribution in [3.05, 3.63) is 95.7 Å². The van der Waals surface area contributed by atoms with E-state index in [1.807, 2.05) is 88.4 Å². The summed E-state index contributed by atoms with van der Waals surface area (Å²) >= 11 is 7.30. The number of esters is 1. The Balaban J connectivity index is 1.62. The van der Waals surface area contributed by atoms with Gasteiger partial charge in [-0.3, -0.25) is 0 Å². The first-order valence-corrected chi connectivity index (χ1v) is 15.7. The third kappa shape index (κ3) is 6.28. The monoisotopic (exact) mass is 652 g/mol. The van der Waals surface area contributed by atoms with Crippen LogP contribution in [0.15, 0.2) is 79.4 Å². The molecule has 3 heterocycles. The van der Waals surface area contributed by atoms with Gasteiger partial charge in [-0.2, -0.15) is 5.10 Å². The van der Waals surface area contributed by atoms with Crippen molar-refractivity contribution in [3.63, 3.8) is 0 Å². The molecule has 47 heavy (non-hydrogen) atoms. The predicted molar refractivity (Wildman–Crippen MR) is 184 cm³/mol. The zero-order valence-corrected chi connectivity index (χ0v) is 27.8. The van der Waals surface area contributed by atoms with Gasteiger partial charge < -0.3 is 24.2 Å². The van der Waals surface area contributed by atoms with Crippen molar-refractivity contribution in [3.8, 4) is 45.1 Å². The Labute approximate surface area is 279 Å². The maximum absolute atomic E-state index is 13.4. The number of ether oxygens (including phenoxy) is 3. The second-order valence-electron chi connectivity index (χ2n) is 12.4. The van der Waals surface area contributed by atoms with Crippen molar-refractivity contribution in [1.29, 1.82) is 0 Å². The largest absolute Gasteiger partial charge is 0.508 e. The van der Waals surface area contributed by atoms with Crippen LogP contribution >= 0.6 is 11.6 Å². The van der Waals surface area contributed by atoms with Crippen LogP contribution in [-0.2, 0) is 14.3 Å². The van der Waals surface area contributed by atoms with E-state index in [1.54, 1.807) is 16.6 Å². The smallest absolute Gasteiger partial charge is 0.339 e. The fourth-order valence-corrected chi connectivity index (χ4v) is 6.30. The van der Waals surface area contributed by atoms with Gasteiger partial charge in [0.2, 0.25) is 0 Å². The predicted octanol–water partition coefficient (Wildman–Crippen LogP) is 7.81. The van der Waals surface area contributed by atoms with Gasteiger partial charge in [0.15, 0.2) is 11.8 Å². The molecule has 0 spiro atoms. The first-order valence-electron chi connectivity index (χ1n) is 15.4. The Morgan fingerprint density at radius 2 is 1.83 bits per heavy atom. The Morgan fingerprint density at radius 1 is 1.11 bits per heavy atom. The molecule has 1 N–H and O–H groups in total. The molecule has 1 aliphatic rings. The lowest BCUT2D eigenvalue weighted by atomic mass is 9.97. The third-order valence-electron chi connectivity index (χ3n) is 7.93. The highest BCUT2D eigenvalue weighted by Crippen LogP contribution is 2.46. The van der Waals surface area contributed by atoms with Gasteiger partial charge in [-0.1, -0.05) is 48.0 Å². The number of methoxy groups -OCH3 is 1. The number of hydrogen-bond acceptors (Lipinski definition) is 8. The van der Waals surface area contributed by atoms with E-state index in [0.717, 1.165) is 22.4 Å². The van der Waals surface area contributed by atoms with E-state index in [1.165, 1.54) is 7.11 Å². The van der Waals surface area contributed by atoms with E-state index >= 15 is 0 Å². The Bertz CT molecular complexity index is 2000. The maximum atomic E-state index is 13.4. The Morgan fingerprint density at radius 3 is 2.53 bits per heavy atom. The van der Waals surface area contributed by atoms with Crippen LogP contribution in [0.5, 0.6) is 11.5 Å². The number of rotatable bonds is 8. The average molecular weight is 653 g/mol. The number of aromatic nitrogens is 3. The normalized spacial score (nSPS) is 13.6. The molecule has 9 nitrogen and oxygen atoms in total. The van der Waals surface area contributed by atoms with Crippen LogP contribution in [0.1, 0.15) is 38.1 Å². The fraction of sp³-hybridized carbons (Fsp3) is 0.270. The van der Waals surface area contributed by atoms with Crippen LogP contribution < -0.4 is 9.64 Å². The second-order valence-corrected chi connectivity index (χ2v) is 12.8. The van der Waals surface area contributed by atoms with E-state index in [9.17, 15) is 9.90 Å². The summed E-state index contributed by atoms with van der Waals surface area (Å²) in [5.74, 6) is 0.284. The lowest BCUT2D eigenvalue weighted by Gasteiger charge is -2.32. The number of phenols is 1. The van der Waals surface area contributed by atoms with E-state index in [-0.39, 0.29) is 5.75 Å². The van der Waals surface area contributed by atoms with Crippen molar-refractivity contribution < 1.29 is 24.1 Å². The number of benzene rings is 3. The number of nitrogens with zero attached hydrogens (tertiary/aromatic N) is 4. The highest BCUT2D eigenvalue weighted by Gasteiger charge is 2.35. The summed E-state index contributed by atoms with van der Waals surface area (Å²) in [6.07, 6.45) is 0.703. The molecule has 242 valence electrons. The summed E-state index contributed by atoms with van der Waals surface area (Å²) in [6, 6.07) is 20.7. The van der Waals surface area contributed by atoms with Crippen LogP contribution in [-0.4, -0.2) is 58.1 Å². The summed E-state index contributed by atoms with van der Waals surface area (Å²) < 4.78 is 19.4.